The van der Waals surface area contributed by atoms with Gasteiger partial charge in [0, 0.05) is 24.9 Å². The Labute approximate surface area is 154 Å². The van der Waals surface area contributed by atoms with Gasteiger partial charge in [-0.15, -0.1) is 0 Å². The average Bonchev–Trinajstić information content (AvgIpc) is 2.91. The number of fused-ring (bicyclic) bond motifs is 1. The Bertz CT molecular complexity index is 992. The molecule has 27 heavy (non-hydrogen) atoms. The third-order valence-electron chi connectivity index (χ3n) is 3.90. The molecular formula is C19H18F3N3O2. The first kappa shape index (κ1) is 18.9. The van der Waals surface area contributed by atoms with Gasteiger partial charge in [0.25, 0.3) is 0 Å². The van der Waals surface area contributed by atoms with Crippen LogP contribution in [-0.4, -0.2) is 41.0 Å². The van der Waals surface area contributed by atoms with E-state index in [-0.39, 0.29) is 18.0 Å². The van der Waals surface area contributed by atoms with Gasteiger partial charge in [0.05, 0.1) is 12.2 Å². The zero-order valence-corrected chi connectivity index (χ0v) is 15.1. The molecule has 8 heteroatoms. The molecule has 0 radical (unpaired) electrons. The van der Waals surface area contributed by atoms with E-state index in [4.69, 9.17) is 4.74 Å². The van der Waals surface area contributed by atoms with E-state index in [0.717, 1.165) is 5.56 Å². The lowest BCUT2D eigenvalue weighted by atomic mass is 10.1. The van der Waals surface area contributed by atoms with Crippen LogP contribution in [0.4, 0.5) is 13.2 Å². The predicted molar refractivity (Wildman–Crippen MR) is 93.8 cm³/mol. The van der Waals surface area contributed by atoms with Crippen LogP contribution in [0, 0.1) is 17.5 Å². The minimum absolute atomic E-state index is 0.0819. The molecule has 1 aromatic carbocycles. The molecule has 0 amide bonds. The summed E-state index contributed by atoms with van der Waals surface area (Å²) in [6.07, 6.45) is 1.59. The number of ether oxygens (including phenoxy) is 1. The van der Waals surface area contributed by atoms with Gasteiger partial charge in [0.1, 0.15) is 28.8 Å². The maximum absolute atomic E-state index is 14.3. The second-order valence-electron chi connectivity index (χ2n) is 6.27. The van der Waals surface area contributed by atoms with E-state index in [0.29, 0.717) is 24.3 Å². The summed E-state index contributed by atoms with van der Waals surface area (Å²) in [5, 5.41) is 0. The Hall–Kier alpha value is -2.87. The van der Waals surface area contributed by atoms with E-state index in [1.807, 2.05) is 19.0 Å². The van der Waals surface area contributed by atoms with Crippen molar-refractivity contribution in [2.75, 3.05) is 20.7 Å². The lowest BCUT2D eigenvalue weighted by molar-refractivity contribution is 0.0519. The number of nitrogens with zero attached hydrogens (tertiary/aromatic N) is 3. The van der Waals surface area contributed by atoms with Crippen molar-refractivity contribution < 1.29 is 22.7 Å². The minimum atomic E-state index is -1.14. The molecule has 0 aliphatic carbocycles. The first-order chi connectivity index (χ1) is 12.8. The van der Waals surface area contributed by atoms with Crippen molar-refractivity contribution in [1.82, 2.24) is 14.3 Å². The van der Waals surface area contributed by atoms with Crippen molar-refractivity contribution in [3.05, 3.63) is 59.2 Å². The van der Waals surface area contributed by atoms with Crippen molar-refractivity contribution in [1.29, 1.82) is 0 Å². The lowest BCUT2D eigenvalue weighted by Crippen LogP contribution is -2.12. The Morgan fingerprint density at radius 3 is 2.44 bits per heavy atom. The van der Waals surface area contributed by atoms with E-state index in [1.165, 1.54) is 4.40 Å². The molecule has 0 unspecified atom stereocenters. The molecule has 0 bridgehead atoms. The Balaban J connectivity index is 2.27. The maximum atomic E-state index is 14.3. The van der Waals surface area contributed by atoms with Gasteiger partial charge in [-0.3, -0.25) is 4.40 Å². The predicted octanol–water partition coefficient (Wildman–Crippen LogP) is 3.66. The fourth-order valence-corrected chi connectivity index (χ4v) is 2.89. The van der Waals surface area contributed by atoms with E-state index < -0.39 is 29.0 Å². The first-order valence-corrected chi connectivity index (χ1v) is 8.29. The maximum Gasteiger partial charge on any atom is 0.357 e. The number of benzene rings is 1. The van der Waals surface area contributed by atoms with E-state index in [2.05, 4.69) is 4.98 Å². The van der Waals surface area contributed by atoms with Gasteiger partial charge in [-0.05, 0) is 38.7 Å². The summed E-state index contributed by atoms with van der Waals surface area (Å²) in [6, 6.07) is 4.59. The van der Waals surface area contributed by atoms with Crippen molar-refractivity contribution in [3.63, 3.8) is 0 Å². The fourth-order valence-electron chi connectivity index (χ4n) is 2.89. The third kappa shape index (κ3) is 3.66. The molecule has 0 saturated carbocycles. The van der Waals surface area contributed by atoms with Crippen molar-refractivity contribution in [2.24, 2.45) is 0 Å². The Morgan fingerprint density at radius 1 is 1.19 bits per heavy atom. The summed E-state index contributed by atoms with van der Waals surface area (Å²) in [7, 11) is 3.79. The number of imidazole rings is 1. The summed E-state index contributed by atoms with van der Waals surface area (Å²) in [5.74, 6) is -4.11. The topological polar surface area (TPSA) is 46.8 Å². The van der Waals surface area contributed by atoms with Gasteiger partial charge in [0.2, 0.25) is 0 Å². The van der Waals surface area contributed by atoms with Crippen LogP contribution in [0.1, 0.15) is 23.0 Å². The summed E-state index contributed by atoms with van der Waals surface area (Å²) in [5.41, 5.74) is 0.311. The van der Waals surface area contributed by atoms with Gasteiger partial charge in [0.15, 0.2) is 5.69 Å². The normalized spacial score (nSPS) is 11.4. The molecule has 0 fully saturated rings. The molecule has 3 rings (SSSR count). The molecule has 0 atom stereocenters. The first-order valence-electron chi connectivity index (χ1n) is 8.29. The lowest BCUT2D eigenvalue weighted by Gasteiger charge is -2.10. The second kappa shape index (κ2) is 7.40. The van der Waals surface area contributed by atoms with Crippen molar-refractivity contribution in [2.45, 2.75) is 13.5 Å². The summed E-state index contributed by atoms with van der Waals surface area (Å²) in [4.78, 5) is 18.6. The number of rotatable bonds is 5. The molecule has 5 nitrogen and oxygen atoms in total. The highest BCUT2D eigenvalue weighted by Crippen LogP contribution is 2.31. The van der Waals surface area contributed by atoms with Gasteiger partial charge in [-0.2, -0.15) is 0 Å². The van der Waals surface area contributed by atoms with Gasteiger partial charge >= 0.3 is 5.97 Å². The molecule has 142 valence electrons. The summed E-state index contributed by atoms with van der Waals surface area (Å²) >= 11 is 0. The number of esters is 1. The highest BCUT2D eigenvalue weighted by atomic mass is 19.1. The number of carbonyl (C=O) groups excluding carboxylic acids is 1. The smallest absolute Gasteiger partial charge is 0.357 e. The van der Waals surface area contributed by atoms with Gasteiger partial charge in [-0.25, -0.2) is 22.9 Å². The van der Waals surface area contributed by atoms with Crippen LogP contribution in [0.2, 0.25) is 0 Å². The molecule has 0 N–H and O–H groups in total. The van der Waals surface area contributed by atoms with Gasteiger partial charge in [-0.1, -0.05) is 0 Å². The highest BCUT2D eigenvalue weighted by molar-refractivity contribution is 5.96. The molecular weight excluding hydrogens is 359 g/mol. The molecule has 2 aromatic heterocycles. The van der Waals surface area contributed by atoms with Crippen molar-refractivity contribution >= 4 is 11.6 Å². The van der Waals surface area contributed by atoms with Crippen LogP contribution in [0.15, 0.2) is 30.5 Å². The second-order valence-corrected chi connectivity index (χ2v) is 6.27. The van der Waals surface area contributed by atoms with Crippen LogP contribution in [0.5, 0.6) is 0 Å². The Kier molecular flexibility index (Phi) is 5.18. The minimum Gasteiger partial charge on any atom is -0.461 e. The summed E-state index contributed by atoms with van der Waals surface area (Å²) < 4.78 is 48.4. The van der Waals surface area contributed by atoms with Crippen LogP contribution < -0.4 is 0 Å². The SMILES string of the molecule is CCOC(=O)c1c(-c2c(F)cc(F)cc2F)nc2cc(CN(C)C)ccn12. The van der Waals surface area contributed by atoms with Crippen molar-refractivity contribution in [3.8, 4) is 11.3 Å². The largest absolute Gasteiger partial charge is 0.461 e. The Morgan fingerprint density at radius 2 is 1.85 bits per heavy atom. The third-order valence-corrected chi connectivity index (χ3v) is 3.90. The number of aromatic nitrogens is 2. The van der Waals surface area contributed by atoms with Gasteiger partial charge < -0.3 is 9.64 Å². The zero-order valence-electron chi connectivity index (χ0n) is 15.1. The molecule has 2 heterocycles. The van der Waals surface area contributed by atoms with Crippen LogP contribution >= 0.6 is 0 Å². The van der Waals surface area contributed by atoms with Crippen LogP contribution in [0.3, 0.4) is 0 Å². The van der Waals surface area contributed by atoms with Crippen LogP contribution in [-0.2, 0) is 11.3 Å². The zero-order chi connectivity index (χ0) is 19.7. The molecule has 0 saturated heterocycles. The van der Waals surface area contributed by atoms with E-state index in [9.17, 15) is 18.0 Å². The average molecular weight is 377 g/mol. The molecule has 3 aromatic rings. The fraction of sp³-hybridized carbons (Fsp3) is 0.263. The monoisotopic (exact) mass is 377 g/mol. The number of hydrogen-bond donors (Lipinski definition) is 0. The van der Waals surface area contributed by atoms with E-state index in [1.54, 1.807) is 25.3 Å². The number of carbonyl (C=O) groups is 1. The molecule has 0 spiro atoms. The number of halogens is 3. The standard InChI is InChI=1S/C19H18F3N3O2/c1-4-27-19(26)18-17(16-13(21)8-12(20)9-14(16)22)23-15-7-11(10-24(2)3)5-6-25(15)18/h5-9H,4,10H2,1-3H3. The molecule has 0 aliphatic rings. The highest BCUT2D eigenvalue weighted by Gasteiger charge is 2.26. The summed E-state index contributed by atoms with van der Waals surface area (Å²) in [6.45, 7) is 2.32. The van der Waals surface area contributed by atoms with E-state index >= 15 is 0 Å². The number of pyridine rings is 1. The van der Waals surface area contributed by atoms with Crippen LogP contribution in [0.25, 0.3) is 16.9 Å². The quantitative estimate of drug-likeness (QED) is 0.637. The molecule has 0 aliphatic heterocycles. The number of hydrogen-bond acceptors (Lipinski definition) is 4.